The van der Waals surface area contributed by atoms with Gasteiger partial charge in [0.05, 0.1) is 6.54 Å². The Balaban J connectivity index is 1.93. The molecule has 128 valence electrons. The maximum Gasteiger partial charge on any atom is 0.150 e. The summed E-state index contributed by atoms with van der Waals surface area (Å²) in [6.07, 6.45) is 0.820. The van der Waals surface area contributed by atoms with E-state index in [1.54, 1.807) is 24.3 Å². The average molecular weight is 345 g/mol. The number of hydrogen-bond donors (Lipinski definition) is 1. The van der Waals surface area contributed by atoms with Crippen molar-refractivity contribution in [3.8, 4) is 22.3 Å². The minimum Gasteiger partial charge on any atom is -0.459 e. The first-order chi connectivity index (χ1) is 12.7. The monoisotopic (exact) mass is 345 g/mol. The lowest BCUT2D eigenvalue weighted by Gasteiger charge is -2.08. The van der Waals surface area contributed by atoms with Crippen LogP contribution in [0.5, 0.6) is 0 Å². The van der Waals surface area contributed by atoms with Gasteiger partial charge in [0.25, 0.3) is 0 Å². The van der Waals surface area contributed by atoms with E-state index >= 15 is 0 Å². The number of furan rings is 1. The molecule has 0 aliphatic carbocycles. The first kappa shape index (κ1) is 16.2. The van der Waals surface area contributed by atoms with Crippen LogP contribution >= 0.6 is 0 Å². The number of carbonyl (C=O) groups is 1. The number of carbonyl (C=O) groups excluding carboxylic acids is 1. The zero-order chi connectivity index (χ0) is 18.1. The zero-order valence-electron chi connectivity index (χ0n) is 13.9. The van der Waals surface area contributed by atoms with Crippen molar-refractivity contribution in [2.75, 3.05) is 0 Å². The van der Waals surface area contributed by atoms with Gasteiger partial charge in [-0.05, 0) is 47.0 Å². The lowest BCUT2D eigenvalue weighted by atomic mass is 9.96. The predicted molar refractivity (Wildman–Crippen MR) is 100 cm³/mol. The molecule has 3 nitrogen and oxygen atoms in total. The SMILES string of the molecule is NCc1cc2cc(-c3ccc(C=O)cc3)cc(-c3ccc(F)cc3)c2o1. The first-order valence-corrected chi connectivity index (χ1v) is 8.26. The van der Waals surface area contributed by atoms with Gasteiger partial charge in [-0.25, -0.2) is 4.39 Å². The van der Waals surface area contributed by atoms with Crippen LogP contribution in [0.3, 0.4) is 0 Å². The Bertz CT molecular complexity index is 1080. The van der Waals surface area contributed by atoms with Crippen molar-refractivity contribution in [1.82, 2.24) is 0 Å². The molecular formula is C22H16FNO2. The summed E-state index contributed by atoms with van der Waals surface area (Å²) >= 11 is 0. The van der Waals surface area contributed by atoms with E-state index in [0.717, 1.165) is 39.5 Å². The molecule has 0 aliphatic rings. The van der Waals surface area contributed by atoms with Crippen molar-refractivity contribution in [3.63, 3.8) is 0 Å². The third-order valence-electron chi connectivity index (χ3n) is 4.40. The molecule has 0 saturated carbocycles. The summed E-state index contributed by atoms with van der Waals surface area (Å²) in [4.78, 5) is 10.9. The number of aldehydes is 1. The second kappa shape index (κ2) is 6.58. The summed E-state index contributed by atoms with van der Waals surface area (Å²) in [5.41, 5.74) is 10.8. The van der Waals surface area contributed by atoms with E-state index < -0.39 is 0 Å². The van der Waals surface area contributed by atoms with Gasteiger partial charge in [-0.2, -0.15) is 0 Å². The Morgan fingerprint density at radius 3 is 2.23 bits per heavy atom. The van der Waals surface area contributed by atoms with Crippen molar-refractivity contribution >= 4 is 17.3 Å². The van der Waals surface area contributed by atoms with E-state index in [1.807, 2.05) is 30.3 Å². The van der Waals surface area contributed by atoms with Gasteiger partial charge in [0.2, 0.25) is 0 Å². The Hall–Kier alpha value is -3.24. The van der Waals surface area contributed by atoms with Gasteiger partial charge in [0.1, 0.15) is 23.4 Å². The van der Waals surface area contributed by atoms with Crippen LogP contribution in [0, 0.1) is 5.82 Å². The van der Waals surface area contributed by atoms with Crippen LogP contribution in [0.15, 0.2) is 71.1 Å². The topological polar surface area (TPSA) is 56.2 Å². The minimum atomic E-state index is -0.285. The van der Waals surface area contributed by atoms with E-state index in [-0.39, 0.29) is 5.82 Å². The third-order valence-corrected chi connectivity index (χ3v) is 4.40. The van der Waals surface area contributed by atoms with Gasteiger partial charge in [-0.1, -0.05) is 36.4 Å². The van der Waals surface area contributed by atoms with E-state index in [0.29, 0.717) is 17.9 Å². The Morgan fingerprint density at radius 1 is 0.885 bits per heavy atom. The van der Waals surface area contributed by atoms with Gasteiger partial charge in [0.15, 0.2) is 0 Å². The Morgan fingerprint density at radius 2 is 1.58 bits per heavy atom. The van der Waals surface area contributed by atoms with Gasteiger partial charge < -0.3 is 10.2 Å². The van der Waals surface area contributed by atoms with Crippen molar-refractivity contribution in [3.05, 3.63) is 83.9 Å². The van der Waals surface area contributed by atoms with Gasteiger partial charge >= 0.3 is 0 Å². The predicted octanol–water partition coefficient (Wildman–Crippen LogP) is 5.18. The van der Waals surface area contributed by atoms with Crippen LogP contribution in [0.2, 0.25) is 0 Å². The van der Waals surface area contributed by atoms with Crippen LogP contribution in [-0.2, 0) is 6.54 Å². The Labute approximate surface area is 149 Å². The second-order valence-corrected chi connectivity index (χ2v) is 6.11. The standard InChI is InChI=1S/C22H16FNO2/c23-19-7-5-16(6-8-19)21-11-17(15-3-1-14(13-25)2-4-15)9-18-10-20(12-24)26-22(18)21/h1-11,13H,12,24H2. The minimum absolute atomic E-state index is 0.285. The number of benzene rings is 3. The molecule has 0 unspecified atom stereocenters. The highest BCUT2D eigenvalue weighted by atomic mass is 19.1. The van der Waals surface area contributed by atoms with Gasteiger partial charge in [-0.3, -0.25) is 4.79 Å². The first-order valence-electron chi connectivity index (χ1n) is 8.26. The number of nitrogens with two attached hydrogens (primary N) is 1. The lowest BCUT2D eigenvalue weighted by Crippen LogP contribution is -1.92. The molecule has 4 aromatic rings. The molecule has 0 bridgehead atoms. The van der Waals surface area contributed by atoms with E-state index in [4.69, 9.17) is 10.2 Å². The summed E-state index contributed by atoms with van der Waals surface area (Å²) in [6.45, 7) is 0.306. The maximum atomic E-state index is 13.3. The van der Waals surface area contributed by atoms with Crippen molar-refractivity contribution in [1.29, 1.82) is 0 Å². The molecule has 1 heterocycles. The quantitative estimate of drug-likeness (QED) is 0.519. The van der Waals surface area contributed by atoms with Crippen molar-refractivity contribution in [2.45, 2.75) is 6.54 Å². The van der Waals surface area contributed by atoms with Gasteiger partial charge in [-0.15, -0.1) is 0 Å². The molecule has 0 radical (unpaired) electrons. The number of halogens is 1. The average Bonchev–Trinajstić information content (AvgIpc) is 3.11. The zero-order valence-corrected chi connectivity index (χ0v) is 13.9. The molecule has 0 aliphatic heterocycles. The fourth-order valence-electron chi connectivity index (χ4n) is 3.07. The highest BCUT2D eigenvalue weighted by Gasteiger charge is 2.13. The summed E-state index contributed by atoms with van der Waals surface area (Å²) in [7, 11) is 0. The molecule has 4 rings (SSSR count). The fraction of sp³-hybridized carbons (Fsp3) is 0.0455. The molecule has 4 heteroatoms. The van der Waals surface area contributed by atoms with Crippen molar-refractivity contribution in [2.24, 2.45) is 5.73 Å². The number of fused-ring (bicyclic) bond motifs is 1. The van der Waals surface area contributed by atoms with Crippen LogP contribution in [0.1, 0.15) is 16.1 Å². The molecule has 0 spiro atoms. The molecule has 0 saturated heterocycles. The molecule has 26 heavy (non-hydrogen) atoms. The molecule has 0 amide bonds. The number of rotatable bonds is 4. The molecule has 3 aromatic carbocycles. The van der Waals surface area contributed by atoms with Crippen LogP contribution < -0.4 is 5.73 Å². The Kier molecular flexibility index (Phi) is 4.11. The number of hydrogen-bond acceptors (Lipinski definition) is 3. The highest BCUT2D eigenvalue weighted by molar-refractivity contribution is 5.97. The molecule has 1 aromatic heterocycles. The van der Waals surface area contributed by atoms with E-state index in [2.05, 4.69) is 0 Å². The molecular weight excluding hydrogens is 329 g/mol. The van der Waals surface area contributed by atoms with E-state index in [1.165, 1.54) is 12.1 Å². The largest absolute Gasteiger partial charge is 0.459 e. The normalized spacial score (nSPS) is 11.0. The lowest BCUT2D eigenvalue weighted by molar-refractivity contribution is 0.112. The summed E-state index contributed by atoms with van der Waals surface area (Å²) in [6, 6.07) is 19.7. The maximum absolute atomic E-state index is 13.3. The molecule has 0 fully saturated rings. The summed E-state index contributed by atoms with van der Waals surface area (Å²) in [5, 5.41) is 0.932. The summed E-state index contributed by atoms with van der Waals surface area (Å²) in [5.74, 6) is 0.407. The van der Waals surface area contributed by atoms with Crippen LogP contribution in [-0.4, -0.2) is 6.29 Å². The van der Waals surface area contributed by atoms with Crippen LogP contribution in [0.25, 0.3) is 33.2 Å². The van der Waals surface area contributed by atoms with Gasteiger partial charge in [0, 0.05) is 16.5 Å². The second-order valence-electron chi connectivity index (χ2n) is 6.11. The smallest absolute Gasteiger partial charge is 0.150 e. The summed E-state index contributed by atoms with van der Waals surface area (Å²) < 4.78 is 19.2. The van der Waals surface area contributed by atoms with Crippen molar-refractivity contribution < 1.29 is 13.6 Å². The fourth-order valence-corrected chi connectivity index (χ4v) is 3.07. The third kappa shape index (κ3) is 2.91. The van der Waals surface area contributed by atoms with E-state index in [9.17, 15) is 9.18 Å². The highest BCUT2D eigenvalue weighted by Crippen LogP contribution is 2.36. The van der Waals surface area contributed by atoms with Crippen LogP contribution in [0.4, 0.5) is 4.39 Å². The molecule has 2 N–H and O–H groups in total. The molecule has 0 atom stereocenters.